The molecule has 0 radical (unpaired) electrons. The first kappa shape index (κ1) is 16.7. The van der Waals surface area contributed by atoms with E-state index in [1.807, 2.05) is 30.3 Å². The number of piperidine rings is 1. The molecule has 0 bridgehead atoms. The fourth-order valence-electron chi connectivity index (χ4n) is 3.57. The van der Waals surface area contributed by atoms with Gasteiger partial charge in [0.25, 0.3) is 0 Å². The van der Waals surface area contributed by atoms with Crippen molar-refractivity contribution in [2.45, 2.75) is 25.8 Å². The molecular weight excluding hydrogens is 330 g/mol. The third kappa shape index (κ3) is 3.06. The molecule has 1 aromatic heterocycles. The van der Waals surface area contributed by atoms with Crippen molar-refractivity contribution in [3.63, 3.8) is 0 Å². The summed E-state index contributed by atoms with van der Waals surface area (Å²) in [5, 5.41) is 21.2. The molecule has 0 saturated carbocycles. The van der Waals surface area contributed by atoms with Crippen molar-refractivity contribution < 1.29 is 14.6 Å². The summed E-state index contributed by atoms with van der Waals surface area (Å²) in [7, 11) is 0. The second kappa shape index (κ2) is 6.84. The van der Waals surface area contributed by atoms with Gasteiger partial charge >= 0.3 is 0 Å². The SMILES string of the molecule is O=c1cc(-c2ccccc2)oc2cc(O)c(CN3CCCCC3)c(O)c12. The first-order chi connectivity index (χ1) is 12.6. The van der Waals surface area contributed by atoms with Gasteiger partial charge in [-0.3, -0.25) is 9.69 Å². The van der Waals surface area contributed by atoms with Crippen LogP contribution >= 0.6 is 0 Å². The van der Waals surface area contributed by atoms with Gasteiger partial charge in [0.05, 0.1) is 5.56 Å². The van der Waals surface area contributed by atoms with Crippen molar-refractivity contribution in [3.05, 3.63) is 58.3 Å². The Kier molecular flexibility index (Phi) is 4.39. The van der Waals surface area contributed by atoms with Crippen LogP contribution in [0.25, 0.3) is 22.3 Å². The van der Waals surface area contributed by atoms with Gasteiger partial charge in [-0.05, 0) is 25.9 Å². The molecule has 5 nitrogen and oxygen atoms in total. The molecule has 2 heterocycles. The third-order valence-electron chi connectivity index (χ3n) is 4.96. The maximum atomic E-state index is 12.6. The lowest BCUT2D eigenvalue weighted by Gasteiger charge is -2.27. The maximum absolute atomic E-state index is 12.6. The molecule has 134 valence electrons. The third-order valence-corrected chi connectivity index (χ3v) is 4.96. The number of fused-ring (bicyclic) bond motifs is 1. The lowest BCUT2D eigenvalue weighted by atomic mass is 10.0. The van der Waals surface area contributed by atoms with Gasteiger partial charge in [0.2, 0.25) is 0 Å². The summed E-state index contributed by atoms with van der Waals surface area (Å²) < 4.78 is 5.80. The molecule has 0 amide bonds. The standard InChI is InChI=1S/C21H21NO4/c23-16-11-19-20(21(25)15(16)13-22-9-5-2-6-10-22)17(24)12-18(26-19)14-7-3-1-4-8-14/h1,3-4,7-8,11-12,23,25H,2,5-6,9-10,13H2. The van der Waals surface area contributed by atoms with Gasteiger partial charge in [0.1, 0.15) is 28.2 Å². The molecule has 0 aliphatic carbocycles. The van der Waals surface area contributed by atoms with Crippen LogP contribution in [0, 0.1) is 0 Å². The lowest BCUT2D eigenvalue weighted by Crippen LogP contribution is -2.29. The fourth-order valence-corrected chi connectivity index (χ4v) is 3.57. The van der Waals surface area contributed by atoms with Crippen LogP contribution in [0.15, 0.2) is 51.7 Å². The van der Waals surface area contributed by atoms with E-state index in [2.05, 4.69) is 4.90 Å². The van der Waals surface area contributed by atoms with E-state index in [1.54, 1.807) is 0 Å². The van der Waals surface area contributed by atoms with Gasteiger partial charge < -0.3 is 14.6 Å². The molecule has 0 unspecified atom stereocenters. The van der Waals surface area contributed by atoms with Crippen molar-refractivity contribution in [2.24, 2.45) is 0 Å². The summed E-state index contributed by atoms with van der Waals surface area (Å²) in [5.41, 5.74) is 1.03. The summed E-state index contributed by atoms with van der Waals surface area (Å²) in [5.74, 6) is 0.179. The average Bonchev–Trinajstić information content (AvgIpc) is 2.66. The Labute approximate surface area is 151 Å². The van der Waals surface area contributed by atoms with E-state index in [-0.39, 0.29) is 27.9 Å². The maximum Gasteiger partial charge on any atom is 0.197 e. The van der Waals surface area contributed by atoms with Crippen LogP contribution in [0.1, 0.15) is 24.8 Å². The molecule has 1 fully saturated rings. The number of nitrogens with zero attached hydrogens (tertiary/aromatic N) is 1. The van der Waals surface area contributed by atoms with Crippen molar-refractivity contribution in [3.8, 4) is 22.8 Å². The van der Waals surface area contributed by atoms with Crippen molar-refractivity contribution >= 4 is 11.0 Å². The van der Waals surface area contributed by atoms with Gasteiger partial charge in [-0.1, -0.05) is 36.8 Å². The first-order valence-electron chi connectivity index (χ1n) is 8.93. The molecule has 2 N–H and O–H groups in total. The summed E-state index contributed by atoms with van der Waals surface area (Å²) in [6.45, 7) is 2.28. The van der Waals surface area contributed by atoms with Gasteiger partial charge in [0.15, 0.2) is 5.43 Å². The summed E-state index contributed by atoms with van der Waals surface area (Å²) in [6.07, 6.45) is 3.42. The highest BCUT2D eigenvalue weighted by atomic mass is 16.3. The first-order valence-corrected chi connectivity index (χ1v) is 8.93. The number of aromatic hydroxyl groups is 2. The Morgan fingerprint density at radius 1 is 1.00 bits per heavy atom. The van der Waals surface area contributed by atoms with Gasteiger partial charge in [-0.25, -0.2) is 0 Å². The van der Waals surface area contributed by atoms with Crippen LogP contribution in [0.5, 0.6) is 11.5 Å². The summed E-state index contributed by atoms with van der Waals surface area (Å²) in [4.78, 5) is 14.8. The number of phenols is 2. The molecule has 0 atom stereocenters. The van der Waals surface area contributed by atoms with Crippen LogP contribution < -0.4 is 5.43 Å². The number of hydrogen-bond acceptors (Lipinski definition) is 5. The van der Waals surface area contributed by atoms with E-state index >= 15 is 0 Å². The Bertz CT molecular complexity index is 988. The molecule has 26 heavy (non-hydrogen) atoms. The molecule has 1 aliphatic rings. The number of benzene rings is 2. The van der Waals surface area contributed by atoms with Gasteiger partial charge in [0, 0.05) is 24.2 Å². The van der Waals surface area contributed by atoms with E-state index in [0.29, 0.717) is 17.9 Å². The Morgan fingerprint density at radius 3 is 2.46 bits per heavy atom. The topological polar surface area (TPSA) is 73.9 Å². The zero-order valence-corrected chi connectivity index (χ0v) is 14.4. The van der Waals surface area contributed by atoms with Crippen LogP contribution in [0.4, 0.5) is 0 Å². The monoisotopic (exact) mass is 351 g/mol. The van der Waals surface area contributed by atoms with E-state index in [9.17, 15) is 15.0 Å². The molecule has 3 aromatic rings. The van der Waals surface area contributed by atoms with Crippen LogP contribution in [-0.4, -0.2) is 28.2 Å². The molecular formula is C21H21NO4. The Balaban J connectivity index is 1.80. The zero-order chi connectivity index (χ0) is 18.1. The quantitative estimate of drug-likeness (QED) is 0.750. The molecule has 5 heteroatoms. The minimum atomic E-state index is -0.317. The molecule has 1 saturated heterocycles. The predicted molar refractivity (Wildman–Crippen MR) is 100 cm³/mol. The second-order valence-electron chi connectivity index (χ2n) is 6.77. The molecule has 2 aromatic carbocycles. The van der Waals surface area contributed by atoms with Crippen molar-refractivity contribution in [1.29, 1.82) is 0 Å². The second-order valence-corrected chi connectivity index (χ2v) is 6.77. The van der Waals surface area contributed by atoms with Crippen molar-refractivity contribution in [1.82, 2.24) is 4.90 Å². The minimum absolute atomic E-state index is 0.0473. The van der Waals surface area contributed by atoms with E-state index < -0.39 is 0 Å². The van der Waals surface area contributed by atoms with Crippen LogP contribution in [0.3, 0.4) is 0 Å². The highest BCUT2D eigenvalue weighted by Crippen LogP contribution is 2.36. The highest BCUT2D eigenvalue weighted by Gasteiger charge is 2.20. The zero-order valence-electron chi connectivity index (χ0n) is 14.4. The number of likely N-dealkylation sites (tertiary alicyclic amines) is 1. The van der Waals surface area contributed by atoms with Gasteiger partial charge in [-0.15, -0.1) is 0 Å². The largest absolute Gasteiger partial charge is 0.507 e. The molecule has 0 spiro atoms. The number of hydrogen-bond donors (Lipinski definition) is 2. The van der Waals surface area contributed by atoms with E-state index in [1.165, 1.54) is 18.6 Å². The average molecular weight is 351 g/mol. The smallest absolute Gasteiger partial charge is 0.197 e. The Morgan fingerprint density at radius 2 is 1.73 bits per heavy atom. The normalized spacial score (nSPS) is 15.4. The molecule has 4 rings (SSSR count). The van der Waals surface area contributed by atoms with Crippen molar-refractivity contribution in [2.75, 3.05) is 13.1 Å². The number of phenolic OH excluding ortho intramolecular Hbond substituents is 2. The highest BCUT2D eigenvalue weighted by molar-refractivity contribution is 5.87. The fraction of sp³-hybridized carbons (Fsp3) is 0.286. The predicted octanol–water partition coefficient (Wildman–Crippen LogP) is 3.86. The van der Waals surface area contributed by atoms with Crippen LogP contribution in [0.2, 0.25) is 0 Å². The minimum Gasteiger partial charge on any atom is -0.507 e. The lowest BCUT2D eigenvalue weighted by molar-refractivity contribution is 0.216. The van der Waals surface area contributed by atoms with Crippen LogP contribution in [-0.2, 0) is 6.54 Å². The Hall–Kier alpha value is -2.79. The molecule has 1 aliphatic heterocycles. The summed E-state index contributed by atoms with van der Waals surface area (Å²) >= 11 is 0. The van der Waals surface area contributed by atoms with E-state index in [0.717, 1.165) is 31.5 Å². The number of rotatable bonds is 3. The van der Waals surface area contributed by atoms with Gasteiger partial charge in [-0.2, -0.15) is 0 Å². The van der Waals surface area contributed by atoms with E-state index in [4.69, 9.17) is 4.42 Å². The summed E-state index contributed by atoms with van der Waals surface area (Å²) in [6, 6.07) is 12.1.